The molecular formula is C14H18N2O. The number of nitrogens with one attached hydrogen (secondary N) is 1. The molecule has 2 heterocycles. The lowest BCUT2D eigenvalue weighted by molar-refractivity contribution is -0.0154. The number of ether oxygens (including phenoxy) is 1. The Kier molecular flexibility index (Phi) is 3.29. The lowest BCUT2D eigenvalue weighted by Crippen LogP contribution is -2.51. The maximum atomic E-state index is 5.74. The van der Waals surface area contributed by atoms with Gasteiger partial charge in [-0.2, -0.15) is 0 Å². The highest BCUT2D eigenvalue weighted by Crippen LogP contribution is 2.35. The molecule has 0 radical (unpaired) electrons. The van der Waals surface area contributed by atoms with Crippen molar-refractivity contribution in [2.45, 2.75) is 19.6 Å². The zero-order chi connectivity index (χ0) is 12.3. The average molecular weight is 230 g/mol. The summed E-state index contributed by atoms with van der Waals surface area (Å²) in [4.78, 5) is 4.41. The van der Waals surface area contributed by atoms with Gasteiger partial charge in [0.05, 0.1) is 5.69 Å². The van der Waals surface area contributed by atoms with Gasteiger partial charge in [-0.25, -0.2) is 0 Å². The van der Waals surface area contributed by atoms with Crippen molar-refractivity contribution in [2.24, 2.45) is 5.92 Å². The van der Waals surface area contributed by atoms with E-state index in [9.17, 15) is 0 Å². The summed E-state index contributed by atoms with van der Waals surface area (Å²) in [5.41, 5.74) is 1.52. The van der Waals surface area contributed by atoms with Crippen LogP contribution in [0.25, 0.3) is 5.57 Å². The van der Waals surface area contributed by atoms with E-state index in [0.717, 1.165) is 11.3 Å². The average Bonchev–Trinajstić information content (AvgIpc) is 2.39. The zero-order valence-electron chi connectivity index (χ0n) is 10.5. The van der Waals surface area contributed by atoms with Crippen molar-refractivity contribution in [2.75, 3.05) is 7.11 Å². The van der Waals surface area contributed by atoms with Crippen LogP contribution in [0.4, 0.5) is 0 Å². The number of hydrogen-bond donors (Lipinski definition) is 1. The Balaban J connectivity index is 2.48. The molecule has 1 N–H and O–H groups in total. The largest absolute Gasteiger partial charge is 0.360 e. The molecule has 3 heteroatoms. The van der Waals surface area contributed by atoms with E-state index >= 15 is 0 Å². The fourth-order valence-corrected chi connectivity index (χ4v) is 2.20. The van der Waals surface area contributed by atoms with Crippen LogP contribution in [0.3, 0.4) is 0 Å². The summed E-state index contributed by atoms with van der Waals surface area (Å²) in [6.45, 7) is 4.26. The number of dihydropyridines is 1. The van der Waals surface area contributed by atoms with E-state index in [2.05, 4.69) is 30.2 Å². The summed E-state index contributed by atoms with van der Waals surface area (Å²) >= 11 is 0. The van der Waals surface area contributed by atoms with E-state index in [4.69, 9.17) is 4.74 Å². The molecule has 90 valence electrons. The zero-order valence-corrected chi connectivity index (χ0v) is 10.5. The molecule has 0 aliphatic carbocycles. The molecule has 0 spiro atoms. The third kappa shape index (κ3) is 1.98. The van der Waals surface area contributed by atoms with Gasteiger partial charge in [0.2, 0.25) is 0 Å². The quantitative estimate of drug-likeness (QED) is 0.866. The van der Waals surface area contributed by atoms with Crippen molar-refractivity contribution in [1.29, 1.82) is 0 Å². The first-order chi connectivity index (χ1) is 8.20. The molecule has 0 bridgehead atoms. The number of hydrogen-bond acceptors (Lipinski definition) is 3. The summed E-state index contributed by atoms with van der Waals surface area (Å²) in [5.74, 6) is 0.297. The molecule has 0 aromatic carbocycles. The van der Waals surface area contributed by atoms with Gasteiger partial charge in [0.25, 0.3) is 0 Å². The molecule has 1 aromatic heterocycles. The van der Waals surface area contributed by atoms with Crippen LogP contribution in [0.15, 0.2) is 42.7 Å². The van der Waals surface area contributed by atoms with Crippen LogP contribution in [0.1, 0.15) is 19.5 Å². The fraction of sp³-hybridized carbons (Fsp3) is 0.357. The van der Waals surface area contributed by atoms with Crippen LogP contribution >= 0.6 is 0 Å². The molecule has 0 amide bonds. The predicted octanol–water partition coefficient (Wildman–Crippen LogP) is 2.58. The van der Waals surface area contributed by atoms with Crippen molar-refractivity contribution in [1.82, 2.24) is 10.3 Å². The first-order valence-corrected chi connectivity index (χ1v) is 5.82. The summed E-state index contributed by atoms with van der Waals surface area (Å²) in [6.07, 6.45) is 7.75. The van der Waals surface area contributed by atoms with Crippen molar-refractivity contribution in [3.8, 4) is 0 Å². The molecular weight excluding hydrogens is 212 g/mol. The van der Waals surface area contributed by atoms with E-state index in [1.54, 1.807) is 13.3 Å². The Labute approximate surface area is 102 Å². The Bertz CT molecular complexity index is 437. The first kappa shape index (κ1) is 11.9. The highest BCUT2D eigenvalue weighted by atomic mass is 16.5. The second-order valence-corrected chi connectivity index (χ2v) is 4.39. The van der Waals surface area contributed by atoms with Crippen LogP contribution in [-0.2, 0) is 4.74 Å². The standard InChI is InChI=1S/C14H18N2O/c1-11(2)14(17-3)12(7-6-10-16-14)13-8-4-5-9-15-13/h4-11,16H,1-3H3. The lowest BCUT2D eigenvalue weighted by atomic mass is 9.87. The van der Waals surface area contributed by atoms with Crippen LogP contribution in [0.2, 0.25) is 0 Å². The molecule has 1 atom stereocenters. The molecule has 3 nitrogen and oxygen atoms in total. The number of rotatable bonds is 3. The van der Waals surface area contributed by atoms with Gasteiger partial charge in [-0.3, -0.25) is 4.98 Å². The van der Waals surface area contributed by atoms with Crippen molar-refractivity contribution in [3.05, 3.63) is 48.4 Å². The minimum absolute atomic E-state index is 0.297. The van der Waals surface area contributed by atoms with Gasteiger partial charge >= 0.3 is 0 Å². The Hall–Kier alpha value is -1.61. The minimum Gasteiger partial charge on any atom is -0.360 e. The first-order valence-electron chi connectivity index (χ1n) is 5.82. The van der Waals surface area contributed by atoms with Gasteiger partial charge in [0.1, 0.15) is 0 Å². The Morgan fingerprint density at radius 2 is 2.18 bits per heavy atom. The Morgan fingerprint density at radius 1 is 1.35 bits per heavy atom. The summed E-state index contributed by atoms with van der Waals surface area (Å²) < 4.78 is 5.74. The molecule has 17 heavy (non-hydrogen) atoms. The van der Waals surface area contributed by atoms with Gasteiger partial charge in [0.15, 0.2) is 5.72 Å². The molecule has 2 rings (SSSR count). The lowest BCUT2D eigenvalue weighted by Gasteiger charge is -2.40. The van der Waals surface area contributed by atoms with Gasteiger partial charge in [0, 0.05) is 24.8 Å². The Morgan fingerprint density at radius 3 is 2.76 bits per heavy atom. The van der Waals surface area contributed by atoms with Gasteiger partial charge in [-0.05, 0) is 24.4 Å². The summed E-state index contributed by atoms with van der Waals surface area (Å²) in [7, 11) is 1.73. The normalized spacial score (nSPS) is 23.4. The molecule has 1 aromatic rings. The SMILES string of the molecule is COC1(C(C)C)NC=CC=C1c1ccccn1. The van der Waals surface area contributed by atoms with E-state index in [1.807, 2.05) is 30.5 Å². The molecule has 0 saturated heterocycles. The summed E-state index contributed by atoms with van der Waals surface area (Å²) in [5, 5.41) is 3.32. The minimum atomic E-state index is -0.497. The number of nitrogens with zero attached hydrogens (tertiary/aromatic N) is 1. The topological polar surface area (TPSA) is 34.1 Å². The summed E-state index contributed by atoms with van der Waals surface area (Å²) in [6, 6.07) is 5.91. The highest BCUT2D eigenvalue weighted by molar-refractivity contribution is 5.72. The number of pyridine rings is 1. The number of aromatic nitrogens is 1. The smallest absolute Gasteiger partial charge is 0.168 e. The monoisotopic (exact) mass is 230 g/mol. The molecule has 0 fully saturated rings. The van der Waals surface area contributed by atoms with Gasteiger partial charge in [-0.15, -0.1) is 0 Å². The van der Waals surface area contributed by atoms with Crippen molar-refractivity contribution >= 4 is 5.57 Å². The molecule has 1 aliphatic rings. The van der Waals surface area contributed by atoms with Gasteiger partial charge < -0.3 is 10.1 Å². The van der Waals surface area contributed by atoms with Crippen LogP contribution in [-0.4, -0.2) is 17.8 Å². The predicted molar refractivity (Wildman–Crippen MR) is 69.1 cm³/mol. The maximum absolute atomic E-state index is 5.74. The molecule has 0 saturated carbocycles. The molecule has 1 aliphatic heterocycles. The van der Waals surface area contributed by atoms with Crippen molar-refractivity contribution < 1.29 is 4.74 Å². The van der Waals surface area contributed by atoms with E-state index in [1.165, 1.54) is 0 Å². The van der Waals surface area contributed by atoms with Crippen LogP contribution < -0.4 is 5.32 Å². The fourth-order valence-electron chi connectivity index (χ4n) is 2.20. The second kappa shape index (κ2) is 4.72. The van der Waals surface area contributed by atoms with Crippen molar-refractivity contribution in [3.63, 3.8) is 0 Å². The third-order valence-electron chi connectivity index (χ3n) is 3.13. The van der Waals surface area contributed by atoms with E-state index in [-0.39, 0.29) is 0 Å². The van der Waals surface area contributed by atoms with E-state index in [0.29, 0.717) is 5.92 Å². The maximum Gasteiger partial charge on any atom is 0.168 e. The van der Waals surface area contributed by atoms with E-state index < -0.39 is 5.72 Å². The highest BCUT2D eigenvalue weighted by Gasteiger charge is 2.39. The van der Waals surface area contributed by atoms with Crippen LogP contribution in [0, 0.1) is 5.92 Å². The third-order valence-corrected chi connectivity index (χ3v) is 3.13. The number of allylic oxidation sites excluding steroid dienone is 2. The molecule has 1 unspecified atom stereocenters. The van der Waals surface area contributed by atoms with Gasteiger partial charge in [-0.1, -0.05) is 26.0 Å². The second-order valence-electron chi connectivity index (χ2n) is 4.39. The van der Waals surface area contributed by atoms with Crippen LogP contribution in [0.5, 0.6) is 0 Å². The number of methoxy groups -OCH3 is 1.